The average Bonchev–Trinajstić information content (AvgIpc) is 2.39. The van der Waals surface area contributed by atoms with Gasteiger partial charge in [0.25, 0.3) is 0 Å². The van der Waals surface area contributed by atoms with Gasteiger partial charge in [0, 0.05) is 24.9 Å². The van der Waals surface area contributed by atoms with Crippen LogP contribution in [0.4, 0.5) is 17.5 Å². The molecular formula is C11H12N6O2. The molecule has 0 saturated carbocycles. The van der Waals surface area contributed by atoms with Crippen molar-refractivity contribution in [2.75, 3.05) is 17.6 Å². The highest BCUT2D eigenvalue weighted by molar-refractivity contribution is 5.53. The Labute approximate surface area is 108 Å². The van der Waals surface area contributed by atoms with E-state index in [0.29, 0.717) is 13.0 Å². The number of nitrogen functional groups attached to an aromatic ring is 1. The molecule has 8 nitrogen and oxygen atoms in total. The van der Waals surface area contributed by atoms with Gasteiger partial charge in [-0.2, -0.15) is 4.98 Å². The summed E-state index contributed by atoms with van der Waals surface area (Å²) in [5.74, 6) is 0.111. The van der Waals surface area contributed by atoms with Crippen LogP contribution in [0.25, 0.3) is 0 Å². The number of anilines is 2. The molecule has 19 heavy (non-hydrogen) atoms. The van der Waals surface area contributed by atoms with E-state index in [4.69, 9.17) is 5.73 Å². The molecule has 3 N–H and O–H groups in total. The number of nitro groups is 1. The zero-order valence-electron chi connectivity index (χ0n) is 9.98. The fourth-order valence-corrected chi connectivity index (χ4v) is 1.46. The van der Waals surface area contributed by atoms with Crippen LogP contribution in [0.1, 0.15) is 5.69 Å². The van der Waals surface area contributed by atoms with E-state index < -0.39 is 4.92 Å². The van der Waals surface area contributed by atoms with Gasteiger partial charge < -0.3 is 11.1 Å². The van der Waals surface area contributed by atoms with E-state index in [0.717, 1.165) is 11.9 Å². The molecule has 2 aromatic rings. The minimum Gasteiger partial charge on any atom is -0.378 e. The number of nitrogens with two attached hydrogens (primary N) is 1. The van der Waals surface area contributed by atoms with Crippen molar-refractivity contribution in [3.05, 3.63) is 46.4 Å². The Balaban J connectivity index is 1.93. The first-order valence-corrected chi connectivity index (χ1v) is 5.57. The van der Waals surface area contributed by atoms with E-state index in [1.165, 1.54) is 0 Å². The summed E-state index contributed by atoms with van der Waals surface area (Å²) in [5, 5.41) is 13.5. The molecule has 0 atom stereocenters. The Hall–Kier alpha value is -2.77. The van der Waals surface area contributed by atoms with Crippen LogP contribution < -0.4 is 11.1 Å². The Kier molecular flexibility index (Phi) is 3.81. The summed E-state index contributed by atoms with van der Waals surface area (Å²) in [5.41, 5.74) is 6.10. The van der Waals surface area contributed by atoms with Crippen molar-refractivity contribution in [1.29, 1.82) is 0 Å². The summed E-state index contributed by atoms with van der Waals surface area (Å²) in [6, 6.07) is 5.66. The number of rotatable bonds is 5. The minimum absolute atomic E-state index is 0.152. The normalized spacial score (nSPS) is 10.1. The molecular weight excluding hydrogens is 248 g/mol. The quantitative estimate of drug-likeness (QED) is 0.608. The first-order valence-electron chi connectivity index (χ1n) is 5.57. The van der Waals surface area contributed by atoms with Crippen LogP contribution in [0.15, 0.2) is 30.6 Å². The first-order chi connectivity index (χ1) is 9.16. The summed E-state index contributed by atoms with van der Waals surface area (Å²) in [4.78, 5) is 21.7. The molecule has 2 aromatic heterocycles. The Bertz CT molecular complexity index is 575. The summed E-state index contributed by atoms with van der Waals surface area (Å²) < 4.78 is 0. The lowest BCUT2D eigenvalue weighted by atomic mass is 10.3. The van der Waals surface area contributed by atoms with Gasteiger partial charge in [-0.25, -0.2) is 4.98 Å². The van der Waals surface area contributed by atoms with Gasteiger partial charge in [0.05, 0.1) is 4.92 Å². The van der Waals surface area contributed by atoms with E-state index in [1.54, 1.807) is 6.20 Å². The van der Waals surface area contributed by atoms with Crippen molar-refractivity contribution in [2.45, 2.75) is 6.42 Å². The summed E-state index contributed by atoms with van der Waals surface area (Å²) in [6.07, 6.45) is 3.50. The second-order valence-corrected chi connectivity index (χ2v) is 3.72. The number of aromatic nitrogens is 3. The molecule has 2 heterocycles. The lowest BCUT2D eigenvalue weighted by molar-refractivity contribution is -0.384. The molecule has 98 valence electrons. The van der Waals surface area contributed by atoms with Crippen molar-refractivity contribution < 1.29 is 4.92 Å². The molecule has 0 radical (unpaired) electrons. The van der Waals surface area contributed by atoms with Crippen molar-refractivity contribution in [3.8, 4) is 0 Å². The van der Waals surface area contributed by atoms with Crippen LogP contribution in [0, 0.1) is 10.1 Å². The summed E-state index contributed by atoms with van der Waals surface area (Å²) in [7, 11) is 0. The molecule has 0 aliphatic carbocycles. The van der Waals surface area contributed by atoms with Gasteiger partial charge in [0.15, 0.2) is 0 Å². The number of hydrogen-bond acceptors (Lipinski definition) is 7. The lowest BCUT2D eigenvalue weighted by Gasteiger charge is -2.04. The SMILES string of the molecule is Nc1nc(NCCc2ccccn2)ncc1[N+](=O)[O-]. The van der Waals surface area contributed by atoms with E-state index in [1.807, 2.05) is 18.2 Å². The number of pyridine rings is 1. The molecule has 0 bridgehead atoms. The Morgan fingerprint density at radius 2 is 2.21 bits per heavy atom. The Morgan fingerprint density at radius 1 is 1.37 bits per heavy atom. The zero-order chi connectivity index (χ0) is 13.7. The molecule has 0 fully saturated rings. The average molecular weight is 260 g/mol. The van der Waals surface area contributed by atoms with Crippen LogP contribution in [0.2, 0.25) is 0 Å². The predicted octanol–water partition coefficient (Wildman–Crippen LogP) is 1.02. The van der Waals surface area contributed by atoms with Crippen molar-refractivity contribution in [3.63, 3.8) is 0 Å². The molecule has 2 rings (SSSR count). The van der Waals surface area contributed by atoms with Gasteiger partial charge in [-0.1, -0.05) is 6.07 Å². The molecule has 0 unspecified atom stereocenters. The van der Waals surface area contributed by atoms with Crippen LogP contribution in [0.3, 0.4) is 0 Å². The highest BCUT2D eigenvalue weighted by Crippen LogP contribution is 2.17. The molecule has 0 spiro atoms. The van der Waals surface area contributed by atoms with Gasteiger partial charge in [0.1, 0.15) is 6.20 Å². The lowest BCUT2D eigenvalue weighted by Crippen LogP contribution is -2.10. The number of nitrogens with zero attached hydrogens (tertiary/aromatic N) is 4. The summed E-state index contributed by atoms with van der Waals surface area (Å²) >= 11 is 0. The number of hydrogen-bond donors (Lipinski definition) is 2. The minimum atomic E-state index is -0.618. The van der Waals surface area contributed by atoms with E-state index in [2.05, 4.69) is 20.3 Å². The van der Waals surface area contributed by atoms with Gasteiger partial charge in [0.2, 0.25) is 11.8 Å². The second-order valence-electron chi connectivity index (χ2n) is 3.72. The zero-order valence-corrected chi connectivity index (χ0v) is 9.98. The van der Waals surface area contributed by atoms with E-state index in [9.17, 15) is 10.1 Å². The molecule has 8 heteroatoms. The van der Waals surface area contributed by atoms with Gasteiger partial charge in [-0.3, -0.25) is 15.1 Å². The topological polar surface area (TPSA) is 120 Å². The maximum atomic E-state index is 10.5. The highest BCUT2D eigenvalue weighted by Gasteiger charge is 2.13. The molecule has 0 saturated heterocycles. The fourth-order valence-electron chi connectivity index (χ4n) is 1.46. The maximum Gasteiger partial charge on any atom is 0.329 e. The third-order valence-electron chi connectivity index (χ3n) is 2.39. The third-order valence-corrected chi connectivity index (χ3v) is 2.39. The second kappa shape index (κ2) is 5.71. The molecule has 0 aromatic carbocycles. The first kappa shape index (κ1) is 12.7. The van der Waals surface area contributed by atoms with Gasteiger partial charge in [-0.15, -0.1) is 0 Å². The largest absolute Gasteiger partial charge is 0.378 e. The van der Waals surface area contributed by atoms with Crippen molar-refractivity contribution in [2.24, 2.45) is 0 Å². The van der Waals surface area contributed by atoms with E-state index in [-0.39, 0.29) is 17.5 Å². The third kappa shape index (κ3) is 3.35. The molecule has 0 amide bonds. The highest BCUT2D eigenvalue weighted by atomic mass is 16.6. The Morgan fingerprint density at radius 3 is 2.84 bits per heavy atom. The van der Waals surface area contributed by atoms with Crippen LogP contribution in [0.5, 0.6) is 0 Å². The van der Waals surface area contributed by atoms with Gasteiger partial charge in [-0.05, 0) is 12.1 Å². The smallest absolute Gasteiger partial charge is 0.329 e. The van der Waals surface area contributed by atoms with E-state index >= 15 is 0 Å². The maximum absolute atomic E-state index is 10.5. The van der Waals surface area contributed by atoms with Crippen molar-refractivity contribution >= 4 is 17.5 Å². The molecule has 0 aliphatic heterocycles. The van der Waals surface area contributed by atoms with Crippen LogP contribution in [-0.4, -0.2) is 26.4 Å². The monoisotopic (exact) mass is 260 g/mol. The van der Waals surface area contributed by atoms with Crippen LogP contribution in [-0.2, 0) is 6.42 Å². The standard InChI is InChI=1S/C11H12N6O2/c12-10-9(17(18)19)7-15-11(16-10)14-6-4-8-3-1-2-5-13-8/h1-3,5,7H,4,6H2,(H3,12,14,15,16). The number of nitrogens with one attached hydrogen (secondary N) is 1. The van der Waals surface area contributed by atoms with Crippen LogP contribution >= 0.6 is 0 Å². The van der Waals surface area contributed by atoms with Gasteiger partial charge >= 0.3 is 5.69 Å². The summed E-state index contributed by atoms with van der Waals surface area (Å²) in [6.45, 7) is 0.564. The predicted molar refractivity (Wildman–Crippen MR) is 69.5 cm³/mol. The van der Waals surface area contributed by atoms with Crippen molar-refractivity contribution in [1.82, 2.24) is 15.0 Å². The fraction of sp³-hybridized carbons (Fsp3) is 0.182. The molecule has 0 aliphatic rings.